The average Bonchev–Trinajstić information content (AvgIpc) is 3.29. The van der Waals surface area contributed by atoms with E-state index < -0.39 is 0 Å². The smallest absolute Gasteiger partial charge is 0.164 e. The Bertz CT molecular complexity index is 928. The molecule has 1 aliphatic heterocycles. The van der Waals surface area contributed by atoms with E-state index in [4.69, 9.17) is 9.97 Å². The highest BCUT2D eigenvalue weighted by Gasteiger charge is 2.27. The Labute approximate surface area is 157 Å². The number of anilines is 1. The van der Waals surface area contributed by atoms with Crippen LogP contribution in [0, 0.1) is 0 Å². The van der Waals surface area contributed by atoms with E-state index in [-0.39, 0.29) is 0 Å². The minimum atomic E-state index is 0.811. The molecule has 1 N–H and O–H groups in total. The second-order valence-corrected chi connectivity index (χ2v) is 8.32. The standard InChI is InChI=1S/C20H23N5S/c1-2-24-9-11-25(12-10-24)19-17-15-6-3-7-16(15)26-20(17)23-18(22-19)14-5-4-8-21-13-14/h4-5,8,13H,2-3,6-7,9-12H2,1H3/p+1. The lowest BCUT2D eigenvalue weighted by atomic mass is 10.1. The summed E-state index contributed by atoms with van der Waals surface area (Å²) in [5.41, 5.74) is 2.52. The molecular weight excluding hydrogens is 342 g/mol. The largest absolute Gasteiger partial charge is 0.345 e. The summed E-state index contributed by atoms with van der Waals surface area (Å²) in [6.07, 6.45) is 7.32. The summed E-state index contributed by atoms with van der Waals surface area (Å²) in [6.45, 7) is 8.02. The number of rotatable bonds is 3. The molecule has 1 saturated heterocycles. The topological polar surface area (TPSA) is 46.4 Å². The summed E-state index contributed by atoms with van der Waals surface area (Å²) in [7, 11) is 0. The molecule has 0 aromatic carbocycles. The number of thiophene rings is 1. The van der Waals surface area contributed by atoms with Crippen molar-refractivity contribution in [3.05, 3.63) is 35.0 Å². The first-order valence-corrected chi connectivity index (χ1v) is 10.5. The zero-order valence-corrected chi connectivity index (χ0v) is 16.0. The second-order valence-electron chi connectivity index (χ2n) is 7.24. The van der Waals surface area contributed by atoms with Gasteiger partial charge in [0, 0.05) is 22.8 Å². The number of aryl methyl sites for hydroxylation is 2. The first-order valence-electron chi connectivity index (χ1n) is 9.64. The van der Waals surface area contributed by atoms with Crippen molar-refractivity contribution in [3.63, 3.8) is 0 Å². The Kier molecular flexibility index (Phi) is 4.10. The van der Waals surface area contributed by atoms with Crippen LogP contribution in [0.3, 0.4) is 0 Å². The van der Waals surface area contributed by atoms with E-state index in [2.05, 4.69) is 22.9 Å². The second kappa shape index (κ2) is 6.59. The maximum atomic E-state index is 5.07. The van der Waals surface area contributed by atoms with Crippen LogP contribution in [0.25, 0.3) is 21.6 Å². The molecule has 2 aliphatic rings. The number of nitrogens with one attached hydrogen (secondary N) is 1. The van der Waals surface area contributed by atoms with Crippen molar-refractivity contribution in [2.75, 3.05) is 37.6 Å². The number of hydrogen-bond donors (Lipinski definition) is 1. The highest BCUT2D eigenvalue weighted by molar-refractivity contribution is 7.19. The molecule has 0 saturated carbocycles. The first kappa shape index (κ1) is 16.1. The normalized spacial score (nSPS) is 17.8. The molecule has 1 aliphatic carbocycles. The Morgan fingerprint density at radius 2 is 2.08 bits per heavy atom. The van der Waals surface area contributed by atoms with Gasteiger partial charge < -0.3 is 9.80 Å². The fourth-order valence-electron chi connectivity index (χ4n) is 4.22. The van der Waals surface area contributed by atoms with Gasteiger partial charge in [-0.2, -0.15) is 0 Å². The van der Waals surface area contributed by atoms with Crippen LogP contribution in [0.4, 0.5) is 5.82 Å². The van der Waals surface area contributed by atoms with E-state index in [0.717, 1.165) is 35.1 Å². The van der Waals surface area contributed by atoms with Crippen LogP contribution in [0.15, 0.2) is 24.5 Å². The van der Waals surface area contributed by atoms with Crippen molar-refractivity contribution in [2.24, 2.45) is 0 Å². The minimum absolute atomic E-state index is 0.811. The van der Waals surface area contributed by atoms with Crippen LogP contribution < -0.4 is 9.80 Å². The van der Waals surface area contributed by atoms with E-state index in [0.29, 0.717) is 0 Å². The summed E-state index contributed by atoms with van der Waals surface area (Å²) in [5, 5.41) is 1.33. The number of hydrogen-bond acceptors (Lipinski definition) is 5. The molecule has 5 nitrogen and oxygen atoms in total. The maximum Gasteiger partial charge on any atom is 0.164 e. The van der Waals surface area contributed by atoms with Gasteiger partial charge in [-0.3, -0.25) is 4.98 Å². The van der Waals surface area contributed by atoms with Crippen LogP contribution >= 0.6 is 11.3 Å². The lowest BCUT2D eigenvalue weighted by Crippen LogP contribution is -3.14. The number of aromatic nitrogens is 3. The monoisotopic (exact) mass is 366 g/mol. The van der Waals surface area contributed by atoms with E-state index in [9.17, 15) is 0 Å². The average molecular weight is 367 g/mol. The minimum Gasteiger partial charge on any atom is -0.345 e. The number of piperazine rings is 1. The Hall–Kier alpha value is -2.05. The summed E-state index contributed by atoms with van der Waals surface area (Å²) in [4.78, 5) is 21.1. The molecule has 134 valence electrons. The summed E-state index contributed by atoms with van der Waals surface area (Å²) in [5.74, 6) is 1.97. The highest BCUT2D eigenvalue weighted by atomic mass is 32.1. The number of fused-ring (bicyclic) bond motifs is 3. The lowest BCUT2D eigenvalue weighted by Gasteiger charge is -2.33. The summed E-state index contributed by atoms with van der Waals surface area (Å²) in [6, 6.07) is 4.01. The molecule has 0 radical (unpaired) electrons. The summed E-state index contributed by atoms with van der Waals surface area (Å²) >= 11 is 1.88. The molecule has 0 spiro atoms. The van der Waals surface area contributed by atoms with Gasteiger partial charge in [-0.25, -0.2) is 9.97 Å². The molecule has 4 heterocycles. The Morgan fingerprint density at radius 3 is 2.85 bits per heavy atom. The third kappa shape index (κ3) is 2.68. The molecular formula is C20H24N5S+. The van der Waals surface area contributed by atoms with E-state index in [1.807, 2.05) is 23.6 Å². The molecule has 1 fully saturated rings. The van der Waals surface area contributed by atoms with Gasteiger partial charge in [-0.1, -0.05) is 0 Å². The number of quaternary nitrogens is 1. The van der Waals surface area contributed by atoms with Gasteiger partial charge in [0.1, 0.15) is 10.6 Å². The van der Waals surface area contributed by atoms with Crippen LogP contribution in [-0.2, 0) is 12.8 Å². The third-order valence-electron chi connectivity index (χ3n) is 5.74. The fourth-order valence-corrected chi connectivity index (χ4v) is 5.47. The zero-order chi connectivity index (χ0) is 17.5. The van der Waals surface area contributed by atoms with Crippen LogP contribution in [-0.4, -0.2) is 47.7 Å². The van der Waals surface area contributed by atoms with E-state index >= 15 is 0 Å². The van der Waals surface area contributed by atoms with Gasteiger partial charge in [-0.15, -0.1) is 11.3 Å². The molecule has 0 unspecified atom stereocenters. The lowest BCUT2D eigenvalue weighted by molar-refractivity contribution is -0.898. The van der Waals surface area contributed by atoms with Crippen molar-refractivity contribution in [1.29, 1.82) is 0 Å². The number of pyridine rings is 1. The van der Waals surface area contributed by atoms with Crippen LogP contribution in [0.5, 0.6) is 0 Å². The van der Waals surface area contributed by atoms with Crippen molar-refractivity contribution < 1.29 is 4.90 Å². The van der Waals surface area contributed by atoms with Gasteiger partial charge in [-0.05, 0) is 43.9 Å². The molecule has 6 heteroatoms. The fraction of sp³-hybridized carbons (Fsp3) is 0.450. The van der Waals surface area contributed by atoms with Crippen molar-refractivity contribution in [3.8, 4) is 11.4 Å². The number of likely N-dealkylation sites (N-methyl/N-ethyl adjacent to an activating group) is 1. The van der Waals surface area contributed by atoms with Crippen LogP contribution in [0.1, 0.15) is 23.8 Å². The number of nitrogens with zero attached hydrogens (tertiary/aromatic N) is 4. The quantitative estimate of drug-likeness (QED) is 0.770. The zero-order valence-electron chi connectivity index (χ0n) is 15.2. The van der Waals surface area contributed by atoms with Gasteiger partial charge >= 0.3 is 0 Å². The Balaban J connectivity index is 1.64. The molecule has 26 heavy (non-hydrogen) atoms. The van der Waals surface area contributed by atoms with E-state index in [1.165, 1.54) is 54.7 Å². The predicted octanol–water partition coefficient (Wildman–Crippen LogP) is 1.97. The molecule has 0 bridgehead atoms. The maximum absolute atomic E-state index is 5.07. The SMILES string of the molecule is CC[NH+]1CCN(c2nc(-c3cccnc3)nc3sc4c(c23)CCC4)CC1. The molecule has 0 amide bonds. The predicted molar refractivity (Wildman–Crippen MR) is 106 cm³/mol. The molecule has 5 rings (SSSR count). The van der Waals surface area contributed by atoms with Gasteiger partial charge in [0.2, 0.25) is 0 Å². The first-order chi connectivity index (χ1) is 12.8. The summed E-state index contributed by atoms with van der Waals surface area (Å²) < 4.78 is 0. The van der Waals surface area contributed by atoms with Crippen molar-refractivity contribution >= 4 is 27.4 Å². The molecule has 0 atom stereocenters. The third-order valence-corrected chi connectivity index (χ3v) is 6.92. The Morgan fingerprint density at radius 1 is 1.19 bits per heavy atom. The van der Waals surface area contributed by atoms with E-state index in [1.54, 1.807) is 11.1 Å². The van der Waals surface area contributed by atoms with Crippen molar-refractivity contribution in [2.45, 2.75) is 26.2 Å². The highest BCUT2D eigenvalue weighted by Crippen LogP contribution is 2.41. The molecule has 3 aromatic heterocycles. The molecule has 3 aromatic rings. The van der Waals surface area contributed by atoms with Gasteiger partial charge in [0.15, 0.2) is 5.82 Å². The van der Waals surface area contributed by atoms with Crippen LogP contribution in [0.2, 0.25) is 0 Å². The van der Waals surface area contributed by atoms with Gasteiger partial charge in [0.25, 0.3) is 0 Å². The van der Waals surface area contributed by atoms with Gasteiger partial charge in [0.05, 0.1) is 38.1 Å². The van der Waals surface area contributed by atoms with Crippen molar-refractivity contribution in [1.82, 2.24) is 15.0 Å².